The van der Waals surface area contributed by atoms with Crippen molar-refractivity contribution in [2.24, 2.45) is 20.5 Å². The number of halogens is 2. The number of fused-ring (bicyclic) bond motifs is 2. The Bertz CT molecular complexity index is 3530. The van der Waals surface area contributed by atoms with Crippen molar-refractivity contribution in [3.8, 4) is 23.0 Å². The van der Waals surface area contributed by atoms with Crippen molar-refractivity contribution in [3.63, 3.8) is 0 Å². The third kappa shape index (κ3) is 13.7. The topological polar surface area (TPSA) is 281 Å². The van der Waals surface area contributed by atoms with Gasteiger partial charge in [-0.2, -0.15) is 23.8 Å². The summed E-state index contributed by atoms with van der Waals surface area (Å²) >= 11 is 11.9. The van der Waals surface area contributed by atoms with Gasteiger partial charge in [0, 0.05) is 27.7 Å². The molecule has 0 spiro atoms. The summed E-state index contributed by atoms with van der Waals surface area (Å²) in [5, 5.41) is 47.9. The smallest absolute Gasteiger partial charge is 0.870 e. The fraction of sp³-hybridized carbons (Fsp3) is 0.115. The van der Waals surface area contributed by atoms with Crippen LogP contribution in [0.15, 0.2) is 164 Å². The van der Waals surface area contributed by atoms with Crippen LogP contribution in [0.3, 0.4) is 0 Å². The SMILES string of the molecule is CCOc1ccc(NC(=O)c2cc3ccccc3c(N=Nc3ccc(Cl)c(S(=O)(=O)O)c3C)c2O)cc1.CCOc1ccc(NC(=O)c2cc3ccccc3c(N=Nc3ccc(Cl)c(S(=O)(=O)[O-])c3C)c2[O-])cc1.[Ba+2]. The van der Waals surface area contributed by atoms with E-state index in [1.165, 1.54) is 50.2 Å². The molecule has 8 aromatic carbocycles. The molecule has 2 amide bonds. The molecule has 0 atom stereocenters. The number of azo groups is 2. The number of benzene rings is 8. The summed E-state index contributed by atoms with van der Waals surface area (Å²) in [6.07, 6.45) is 0. The van der Waals surface area contributed by atoms with E-state index in [1.54, 1.807) is 97.1 Å². The van der Waals surface area contributed by atoms with Gasteiger partial charge in [-0.05, 0) is 135 Å². The largest absolute Gasteiger partial charge is 2.00 e. The molecule has 0 aliphatic heterocycles. The van der Waals surface area contributed by atoms with Crippen molar-refractivity contribution < 1.29 is 55.2 Å². The van der Waals surface area contributed by atoms with Gasteiger partial charge < -0.3 is 34.9 Å². The fourth-order valence-electron chi connectivity index (χ4n) is 7.51. The van der Waals surface area contributed by atoms with E-state index in [4.69, 9.17) is 32.7 Å². The number of phenols is 1. The number of amides is 2. The number of carbonyl (C=O) groups is 2. The van der Waals surface area contributed by atoms with E-state index < -0.39 is 53.3 Å². The number of ether oxygens (including phenoxy) is 2. The molecule has 0 aromatic heterocycles. The number of hydrogen-bond acceptors (Lipinski definition) is 15. The van der Waals surface area contributed by atoms with Gasteiger partial charge in [-0.3, -0.25) is 14.1 Å². The first-order valence-corrected chi connectivity index (χ1v) is 25.7. The second-order valence-corrected chi connectivity index (χ2v) is 19.3. The number of nitrogens with one attached hydrogen (secondary N) is 2. The Kier molecular flexibility index (Phi) is 19.3. The first kappa shape index (κ1) is 57.9. The van der Waals surface area contributed by atoms with Gasteiger partial charge in [0.25, 0.3) is 21.9 Å². The van der Waals surface area contributed by atoms with Crippen LogP contribution in [0.2, 0.25) is 10.0 Å². The van der Waals surface area contributed by atoms with Crippen molar-refractivity contribution in [1.82, 2.24) is 0 Å². The Labute approximate surface area is 481 Å². The van der Waals surface area contributed by atoms with Crippen molar-refractivity contribution in [1.29, 1.82) is 0 Å². The Morgan fingerprint density at radius 1 is 0.600 bits per heavy atom. The van der Waals surface area contributed by atoms with Crippen LogP contribution in [0.4, 0.5) is 34.1 Å². The minimum Gasteiger partial charge on any atom is -0.870 e. The summed E-state index contributed by atoms with van der Waals surface area (Å²) in [6.45, 7) is 7.53. The van der Waals surface area contributed by atoms with Crippen LogP contribution >= 0.6 is 23.2 Å². The molecule has 0 heterocycles. The molecular formula is C52H42BaCl2N6O12S2. The van der Waals surface area contributed by atoms with Gasteiger partial charge in [-0.15, -0.1) is 5.11 Å². The van der Waals surface area contributed by atoms with Crippen LogP contribution in [0.25, 0.3) is 21.5 Å². The molecule has 0 fully saturated rings. The molecule has 0 aliphatic rings. The van der Waals surface area contributed by atoms with E-state index in [2.05, 4.69) is 31.1 Å². The monoisotopic (exact) mass is 1210 g/mol. The average molecular weight is 1220 g/mol. The number of nitrogens with zero attached hydrogens (tertiary/aromatic N) is 4. The molecular weight excluding hydrogens is 1170 g/mol. The molecule has 23 heteroatoms. The van der Waals surface area contributed by atoms with Crippen LogP contribution in [0.1, 0.15) is 45.7 Å². The number of aromatic hydroxyl groups is 1. The standard InChI is InChI=1S/2C26H22ClN3O6S.Ba/c2*1-3-36-18-10-8-17(9-11-18)28-26(32)20-14-16-6-4-5-7-19(16)23(24(20)31)30-29-22-13-12-21(27)25(15(22)2)37(33,34)35;/h2*4-14,31H,3H2,1-2H3,(H,28,32)(H,33,34,35);/q;;+2/p-2. The Morgan fingerprint density at radius 3 is 1.48 bits per heavy atom. The molecule has 0 radical (unpaired) electrons. The van der Waals surface area contributed by atoms with Crippen molar-refractivity contribution in [3.05, 3.63) is 166 Å². The Hall–Kier alpha value is -6.41. The van der Waals surface area contributed by atoms with Crippen molar-refractivity contribution in [2.75, 3.05) is 23.8 Å². The van der Waals surface area contributed by atoms with Gasteiger partial charge in [0.1, 0.15) is 32.2 Å². The van der Waals surface area contributed by atoms with E-state index in [-0.39, 0.29) is 104 Å². The molecule has 75 heavy (non-hydrogen) atoms. The maximum absolute atomic E-state index is 13.3. The Balaban J connectivity index is 0.000000241. The maximum Gasteiger partial charge on any atom is 2.00 e. The average Bonchev–Trinajstić information content (AvgIpc) is 3.35. The minimum absolute atomic E-state index is 0. The van der Waals surface area contributed by atoms with E-state index in [0.717, 1.165) is 0 Å². The first-order valence-electron chi connectivity index (χ1n) is 22.1. The van der Waals surface area contributed by atoms with Crippen LogP contribution in [-0.2, 0) is 20.2 Å². The molecule has 0 saturated carbocycles. The molecule has 8 rings (SSSR count). The summed E-state index contributed by atoms with van der Waals surface area (Å²) in [5.41, 5.74) is 0.875. The zero-order chi connectivity index (χ0) is 53.5. The molecule has 0 unspecified atom stereocenters. The van der Waals surface area contributed by atoms with Crippen LogP contribution in [-0.4, -0.2) is 105 Å². The number of hydrogen-bond donors (Lipinski definition) is 4. The third-order valence-corrected chi connectivity index (χ3v) is 13.9. The maximum atomic E-state index is 13.3. The number of rotatable bonds is 14. The molecule has 0 saturated heterocycles. The third-order valence-electron chi connectivity index (χ3n) is 11.0. The zero-order valence-electron chi connectivity index (χ0n) is 40.2. The summed E-state index contributed by atoms with van der Waals surface area (Å²) < 4.78 is 78.8. The van der Waals surface area contributed by atoms with Crippen LogP contribution in [0, 0.1) is 13.8 Å². The van der Waals surface area contributed by atoms with Gasteiger partial charge in [0.15, 0.2) is 5.75 Å². The summed E-state index contributed by atoms with van der Waals surface area (Å²) in [6, 6.07) is 35.6. The number of phenolic OH excluding ortho intramolecular Hbond substituents is 1. The first-order chi connectivity index (χ1) is 35.2. The van der Waals surface area contributed by atoms with Gasteiger partial charge in [0.2, 0.25) is 0 Å². The van der Waals surface area contributed by atoms with Gasteiger partial charge >= 0.3 is 48.9 Å². The molecule has 18 nitrogen and oxygen atoms in total. The van der Waals surface area contributed by atoms with E-state index in [1.807, 2.05) is 13.8 Å². The molecule has 8 aromatic rings. The van der Waals surface area contributed by atoms with Gasteiger partial charge in [-0.25, -0.2) is 8.42 Å². The summed E-state index contributed by atoms with van der Waals surface area (Å²) in [5.74, 6) is -0.990. The fourth-order valence-corrected chi connectivity index (χ4v) is 10.1. The van der Waals surface area contributed by atoms with Crippen molar-refractivity contribution in [2.45, 2.75) is 37.5 Å². The summed E-state index contributed by atoms with van der Waals surface area (Å²) in [7, 11) is -9.48. The zero-order valence-corrected chi connectivity index (χ0v) is 47.7. The number of anilines is 2. The van der Waals surface area contributed by atoms with E-state index in [9.17, 15) is 45.7 Å². The molecule has 0 bridgehead atoms. The van der Waals surface area contributed by atoms with Crippen molar-refractivity contribution >= 4 is 160 Å². The predicted octanol–water partition coefficient (Wildman–Crippen LogP) is 12.3. The van der Waals surface area contributed by atoms with E-state index in [0.29, 0.717) is 57.6 Å². The molecule has 0 aliphatic carbocycles. The van der Waals surface area contributed by atoms with Gasteiger partial charge in [-0.1, -0.05) is 77.5 Å². The van der Waals surface area contributed by atoms with Gasteiger partial charge in [0.05, 0.1) is 50.8 Å². The Morgan fingerprint density at radius 2 is 1.01 bits per heavy atom. The van der Waals surface area contributed by atoms with E-state index >= 15 is 0 Å². The van der Waals surface area contributed by atoms with Crippen LogP contribution < -0.4 is 25.2 Å². The number of carbonyl (C=O) groups excluding carboxylic acids is 2. The molecule has 4 N–H and O–H groups in total. The van der Waals surface area contributed by atoms with Crippen LogP contribution in [0.5, 0.6) is 23.0 Å². The molecule has 380 valence electrons. The second-order valence-electron chi connectivity index (χ2n) is 15.9. The quantitative estimate of drug-likeness (QED) is 0.0449. The second kappa shape index (κ2) is 25.0. The normalized spacial score (nSPS) is 11.5. The minimum atomic E-state index is -4.87. The summed E-state index contributed by atoms with van der Waals surface area (Å²) in [4.78, 5) is 25.0. The predicted molar refractivity (Wildman–Crippen MR) is 284 cm³/mol.